The van der Waals surface area contributed by atoms with E-state index in [2.05, 4.69) is 165 Å². The number of aromatic nitrogens is 2. The zero-order valence-corrected chi connectivity index (χ0v) is 25.3. The normalized spacial score (nSPS) is 14.4. The smallest absolute Gasteiger partial charge is 0.193 e. The maximum Gasteiger partial charge on any atom is 0.193 e. The average Bonchev–Trinajstić information content (AvgIpc) is 3.34. The lowest BCUT2D eigenvalue weighted by Crippen LogP contribution is -2.43. The van der Waals surface area contributed by atoms with E-state index in [1.54, 1.807) is 0 Å². The summed E-state index contributed by atoms with van der Waals surface area (Å²) < 4.78 is 9.51. The first-order valence-corrected chi connectivity index (χ1v) is 16.8. The standard InChI is InChI=1S/C31H37IN2OSi/c1-24(32)29(35-36(5,6)30(2,3)4)28-22-34(23-33-28)31(25-16-10-7-11-17-25,26-18-12-8-13-19-26)27-20-14-9-15-21-27/h7-24,29H,1-6H3. The van der Waals surface area contributed by atoms with E-state index >= 15 is 0 Å². The molecule has 0 amide bonds. The Bertz CT molecular complexity index is 1150. The SMILES string of the molecule is CC(I)C(O[Si](C)(C)C(C)(C)C)c1cn(C(c2ccccc2)(c2ccccc2)c2ccccc2)cn1. The van der Waals surface area contributed by atoms with Gasteiger partial charge in [0.25, 0.3) is 0 Å². The van der Waals surface area contributed by atoms with Crippen LogP contribution < -0.4 is 0 Å². The number of benzene rings is 3. The van der Waals surface area contributed by atoms with Gasteiger partial charge in [0.1, 0.15) is 11.6 Å². The van der Waals surface area contributed by atoms with E-state index < -0.39 is 13.9 Å². The van der Waals surface area contributed by atoms with Crippen molar-refractivity contribution in [3.8, 4) is 0 Å². The first-order valence-electron chi connectivity index (χ1n) is 12.6. The first-order chi connectivity index (χ1) is 17.1. The highest BCUT2D eigenvalue weighted by molar-refractivity contribution is 14.1. The van der Waals surface area contributed by atoms with Crippen LogP contribution in [-0.4, -0.2) is 21.8 Å². The lowest BCUT2D eigenvalue weighted by atomic mass is 9.77. The first kappa shape index (κ1) is 26.8. The van der Waals surface area contributed by atoms with E-state index in [4.69, 9.17) is 9.41 Å². The van der Waals surface area contributed by atoms with E-state index in [9.17, 15) is 0 Å². The van der Waals surface area contributed by atoms with Crippen molar-refractivity contribution in [2.24, 2.45) is 0 Å². The fourth-order valence-corrected chi connectivity index (χ4v) is 6.64. The summed E-state index contributed by atoms with van der Waals surface area (Å²) in [6.45, 7) is 13.7. The Morgan fingerprint density at radius 2 is 1.19 bits per heavy atom. The van der Waals surface area contributed by atoms with Crippen molar-refractivity contribution in [3.05, 3.63) is 126 Å². The molecule has 0 saturated carbocycles. The minimum Gasteiger partial charge on any atom is -0.407 e. The van der Waals surface area contributed by atoms with Crippen LogP contribution in [-0.2, 0) is 9.96 Å². The number of nitrogens with zero attached hydrogens (tertiary/aromatic N) is 2. The minimum atomic E-state index is -2.00. The molecule has 0 radical (unpaired) electrons. The molecular formula is C31H37IN2OSi. The third-order valence-corrected chi connectivity index (χ3v) is 12.6. The number of hydrogen-bond donors (Lipinski definition) is 0. The highest BCUT2D eigenvalue weighted by Crippen LogP contribution is 2.44. The molecule has 3 nitrogen and oxygen atoms in total. The van der Waals surface area contributed by atoms with Gasteiger partial charge < -0.3 is 8.99 Å². The predicted molar refractivity (Wildman–Crippen MR) is 161 cm³/mol. The highest BCUT2D eigenvalue weighted by atomic mass is 127. The fourth-order valence-electron chi connectivity index (χ4n) is 4.54. The molecule has 1 heterocycles. The molecule has 188 valence electrons. The molecule has 0 spiro atoms. The van der Waals surface area contributed by atoms with Gasteiger partial charge in [-0.25, -0.2) is 4.98 Å². The Hall–Kier alpha value is -2.22. The van der Waals surface area contributed by atoms with Crippen LogP contribution in [0.3, 0.4) is 0 Å². The second-order valence-corrected chi connectivity index (χ2v) is 17.7. The monoisotopic (exact) mass is 608 g/mol. The molecule has 0 aliphatic rings. The Kier molecular flexibility index (Phi) is 7.93. The molecule has 4 rings (SSSR count). The average molecular weight is 609 g/mol. The number of hydrogen-bond acceptors (Lipinski definition) is 2. The van der Waals surface area contributed by atoms with Crippen LogP contribution in [0.5, 0.6) is 0 Å². The van der Waals surface area contributed by atoms with Crippen molar-refractivity contribution in [1.82, 2.24) is 9.55 Å². The Morgan fingerprint density at radius 1 is 0.778 bits per heavy atom. The van der Waals surface area contributed by atoms with Crippen molar-refractivity contribution < 1.29 is 4.43 Å². The van der Waals surface area contributed by atoms with Gasteiger partial charge in [-0.15, -0.1) is 0 Å². The second kappa shape index (κ2) is 10.6. The maximum absolute atomic E-state index is 6.95. The lowest BCUT2D eigenvalue weighted by molar-refractivity contribution is 0.185. The molecule has 1 aromatic heterocycles. The van der Waals surface area contributed by atoms with Gasteiger partial charge in [-0.05, 0) is 34.8 Å². The van der Waals surface area contributed by atoms with Crippen molar-refractivity contribution in [2.75, 3.05) is 0 Å². The predicted octanol–water partition coefficient (Wildman–Crippen LogP) is 8.61. The molecule has 0 fully saturated rings. The second-order valence-electron chi connectivity index (χ2n) is 11.0. The molecule has 0 aliphatic carbocycles. The van der Waals surface area contributed by atoms with Gasteiger partial charge in [-0.2, -0.15) is 0 Å². The van der Waals surface area contributed by atoms with E-state index in [1.165, 1.54) is 16.7 Å². The van der Waals surface area contributed by atoms with E-state index in [0.717, 1.165) is 5.69 Å². The van der Waals surface area contributed by atoms with Crippen LogP contribution in [0.15, 0.2) is 104 Å². The zero-order chi connectivity index (χ0) is 26.0. The van der Waals surface area contributed by atoms with E-state index in [-0.39, 0.29) is 15.1 Å². The van der Waals surface area contributed by atoms with Crippen molar-refractivity contribution in [1.29, 1.82) is 0 Å². The van der Waals surface area contributed by atoms with E-state index in [1.807, 2.05) is 6.33 Å². The summed E-state index contributed by atoms with van der Waals surface area (Å²) in [4.78, 5) is 5.00. The lowest BCUT2D eigenvalue weighted by Gasteiger charge is -2.40. The van der Waals surface area contributed by atoms with Crippen LogP contribution >= 0.6 is 22.6 Å². The Labute approximate surface area is 231 Å². The van der Waals surface area contributed by atoms with Crippen molar-refractivity contribution in [2.45, 2.75) is 61.4 Å². The topological polar surface area (TPSA) is 27.1 Å². The number of alkyl halides is 1. The molecule has 0 bridgehead atoms. The summed E-state index contributed by atoms with van der Waals surface area (Å²) in [6, 6.07) is 32.2. The van der Waals surface area contributed by atoms with Crippen LogP contribution in [0.25, 0.3) is 0 Å². The quantitative estimate of drug-likeness (QED) is 0.0867. The van der Waals surface area contributed by atoms with Crippen LogP contribution in [0, 0.1) is 0 Å². The number of imidazole rings is 1. The van der Waals surface area contributed by atoms with E-state index in [0.29, 0.717) is 0 Å². The van der Waals surface area contributed by atoms with Crippen molar-refractivity contribution >= 4 is 30.9 Å². The van der Waals surface area contributed by atoms with Gasteiger partial charge in [-0.1, -0.05) is 141 Å². The fraction of sp³-hybridized carbons (Fsp3) is 0.323. The summed E-state index contributed by atoms with van der Waals surface area (Å²) in [5.74, 6) is 0. The molecule has 3 aromatic carbocycles. The molecule has 0 aliphatic heterocycles. The summed E-state index contributed by atoms with van der Waals surface area (Å²) in [5, 5.41) is 0.126. The molecule has 0 N–H and O–H groups in total. The molecule has 36 heavy (non-hydrogen) atoms. The molecule has 4 aromatic rings. The largest absolute Gasteiger partial charge is 0.407 e. The number of halogens is 1. The van der Waals surface area contributed by atoms with Gasteiger partial charge in [0.2, 0.25) is 0 Å². The highest BCUT2D eigenvalue weighted by Gasteiger charge is 2.42. The maximum atomic E-state index is 6.95. The van der Waals surface area contributed by atoms with Gasteiger partial charge in [-0.3, -0.25) is 0 Å². The van der Waals surface area contributed by atoms with Gasteiger partial charge in [0.15, 0.2) is 8.32 Å². The summed E-state index contributed by atoms with van der Waals surface area (Å²) >= 11 is 2.49. The Balaban J connectivity index is 1.93. The summed E-state index contributed by atoms with van der Waals surface area (Å²) in [6.07, 6.45) is 4.12. The summed E-state index contributed by atoms with van der Waals surface area (Å²) in [5.41, 5.74) is 3.99. The minimum absolute atomic E-state index is 0.0761. The molecule has 0 saturated heterocycles. The molecule has 2 unspecified atom stereocenters. The number of rotatable bonds is 8. The molecule has 2 atom stereocenters. The third-order valence-electron chi connectivity index (χ3n) is 7.50. The van der Waals surface area contributed by atoms with Gasteiger partial charge in [0, 0.05) is 10.1 Å². The van der Waals surface area contributed by atoms with Crippen molar-refractivity contribution in [3.63, 3.8) is 0 Å². The third kappa shape index (κ3) is 5.11. The van der Waals surface area contributed by atoms with Gasteiger partial charge in [0.05, 0.1) is 12.0 Å². The molecule has 5 heteroatoms. The van der Waals surface area contributed by atoms with Gasteiger partial charge >= 0.3 is 0 Å². The Morgan fingerprint density at radius 3 is 1.56 bits per heavy atom. The molecular weight excluding hydrogens is 571 g/mol. The summed E-state index contributed by atoms with van der Waals surface area (Å²) in [7, 11) is -2.00. The van der Waals surface area contributed by atoms with Crippen LogP contribution in [0.2, 0.25) is 18.1 Å². The zero-order valence-electron chi connectivity index (χ0n) is 22.2. The van der Waals surface area contributed by atoms with Crippen LogP contribution in [0.1, 0.15) is 56.2 Å². The van der Waals surface area contributed by atoms with Crippen LogP contribution in [0.4, 0.5) is 0 Å².